The van der Waals surface area contributed by atoms with E-state index in [4.69, 9.17) is 0 Å². The number of fused-ring (bicyclic) bond motifs is 1. The lowest BCUT2D eigenvalue weighted by Gasteiger charge is -2.42. The minimum absolute atomic E-state index is 0. The van der Waals surface area contributed by atoms with E-state index in [2.05, 4.69) is 49.3 Å². The first-order valence-electron chi connectivity index (χ1n) is 8.45. The lowest BCUT2D eigenvalue weighted by molar-refractivity contribution is 0.0862. The molecule has 1 atom stereocenters. The van der Waals surface area contributed by atoms with Gasteiger partial charge in [-0.3, -0.25) is 14.3 Å². The van der Waals surface area contributed by atoms with E-state index in [1.807, 2.05) is 12.1 Å². The summed E-state index contributed by atoms with van der Waals surface area (Å²) in [4.78, 5) is 14.6. The van der Waals surface area contributed by atoms with E-state index in [9.17, 15) is 4.79 Å². The summed E-state index contributed by atoms with van der Waals surface area (Å²) in [5, 5.41) is 4.63. The third-order valence-corrected chi connectivity index (χ3v) is 4.71. The van der Waals surface area contributed by atoms with Crippen molar-refractivity contribution < 1.29 is 4.79 Å². The van der Waals surface area contributed by atoms with E-state index in [0.717, 1.165) is 31.7 Å². The highest BCUT2D eigenvalue weighted by atomic mass is 35.5. The fourth-order valence-corrected chi connectivity index (χ4v) is 3.84. The predicted molar refractivity (Wildman–Crippen MR) is 109 cm³/mol. The molecule has 0 unspecified atom stereocenters. The summed E-state index contributed by atoms with van der Waals surface area (Å²) in [6.07, 6.45) is 2.06. The van der Waals surface area contributed by atoms with Crippen molar-refractivity contribution >= 4 is 41.6 Å². The molecule has 2 aromatic rings. The average Bonchev–Trinajstić information content (AvgIpc) is 2.87. The van der Waals surface area contributed by atoms with Gasteiger partial charge in [0.25, 0.3) is 0 Å². The van der Waals surface area contributed by atoms with Crippen LogP contribution in [-0.4, -0.2) is 41.6 Å². The van der Waals surface area contributed by atoms with Crippen molar-refractivity contribution in [2.24, 2.45) is 5.41 Å². The number of carbonyl (C=O) groups is 1. The Hall–Kier alpha value is -1.07. The SMILES string of the molecule is CC(=O)n1cc([C@H](N2CCNCC2)C(C)(C)C)c2ccccc21.Cl.Cl. The Morgan fingerprint density at radius 2 is 1.72 bits per heavy atom. The van der Waals surface area contributed by atoms with Crippen molar-refractivity contribution in [3.63, 3.8) is 0 Å². The molecule has 0 amide bonds. The number of hydrogen-bond acceptors (Lipinski definition) is 3. The Kier molecular flexibility index (Phi) is 7.51. The first-order valence-corrected chi connectivity index (χ1v) is 8.45. The Morgan fingerprint density at radius 1 is 1.12 bits per heavy atom. The third kappa shape index (κ3) is 4.37. The van der Waals surface area contributed by atoms with Gasteiger partial charge in [0, 0.05) is 50.7 Å². The largest absolute Gasteiger partial charge is 0.314 e. The molecule has 1 saturated heterocycles. The van der Waals surface area contributed by atoms with Crippen molar-refractivity contribution in [3.8, 4) is 0 Å². The summed E-state index contributed by atoms with van der Waals surface area (Å²) in [7, 11) is 0. The molecular formula is C19H29Cl2N3O. The van der Waals surface area contributed by atoms with E-state index in [1.54, 1.807) is 11.5 Å². The number of rotatable bonds is 2. The zero-order valence-electron chi connectivity index (χ0n) is 15.4. The lowest BCUT2D eigenvalue weighted by atomic mass is 9.81. The van der Waals surface area contributed by atoms with Crippen LogP contribution < -0.4 is 5.32 Å². The molecule has 2 heterocycles. The van der Waals surface area contributed by atoms with Gasteiger partial charge in [-0.25, -0.2) is 0 Å². The highest BCUT2D eigenvalue weighted by molar-refractivity contribution is 5.94. The highest BCUT2D eigenvalue weighted by Gasteiger charge is 2.34. The first kappa shape index (κ1) is 22.0. The smallest absolute Gasteiger partial charge is 0.227 e. The van der Waals surface area contributed by atoms with Gasteiger partial charge in [-0.2, -0.15) is 0 Å². The van der Waals surface area contributed by atoms with E-state index >= 15 is 0 Å². The molecule has 0 radical (unpaired) electrons. The Bertz CT molecular complexity index is 715. The van der Waals surface area contributed by atoms with Gasteiger partial charge in [-0.15, -0.1) is 24.8 Å². The van der Waals surface area contributed by atoms with Gasteiger partial charge in [0.15, 0.2) is 0 Å². The van der Waals surface area contributed by atoms with Gasteiger partial charge in [-0.1, -0.05) is 39.0 Å². The minimum Gasteiger partial charge on any atom is -0.314 e. The monoisotopic (exact) mass is 385 g/mol. The number of nitrogens with zero attached hydrogens (tertiary/aromatic N) is 2. The van der Waals surface area contributed by atoms with Crippen LogP contribution in [0.5, 0.6) is 0 Å². The topological polar surface area (TPSA) is 37.3 Å². The summed E-state index contributed by atoms with van der Waals surface area (Å²) < 4.78 is 1.80. The molecule has 140 valence electrons. The van der Waals surface area contributed by atoms with Crippen LogP contribution in [0.2, 0.25) is 0 Å². The fourth-order valence-electron chi connectivity index (χ4n) is 3.84. The molecule has 6 heteroatoms. The molecule has 4 nitrogen and oxygen atoms in total. The van der Waals surface area contributed by atoms with Crippen LogP contribution in [0.3, 0.4) is 0 Å². The van der Waals surface area contributed by atoms with Gasteiger partial charge in [0.2, 0.25) is 5.91 Å². The van der Waals surface area contributed by atoms with Crippen LogP contribution in [0, 0.1) is 5.41 Å². The standard InChI is InChI=1S/C19H27N3O.2ClH/c1-14(23)22-13-16(15-7-5-6-8-17(15)22)18(19(2,3)4)21-11-9-20-10-12-21;;/h5-8,13,18,20H,9-12H2,1-4H3;2*1H/t18-;;/m0../s1. The van der Waals surface area contributed by atoms with Gasteiger partial charge in [-0.05, 0) is 17.0 Å². The molecule has 0 bridgehead atoms. The second kappa shape index (κ2) is 8.54. The Balaban J connectivity index is 0.00000156. The van der Waals surface area contributed by atoms with E-state index in [1.165, 1.54) is 10.9 Å². The number of benzene rings is 1. The van der Waals surface area contributed by atoms with Gasteiger partial charge >= 0.3 is 0 Å². The first-order chi connectivity index (χ1) is 10.9. The number of hydrogen-bond donors (Lipinski definition) is 1. The average molecular weight is 386 g/mol. The van der Waals surface area contributed by atoms with Gasteiger partial charge < -0.3 is 5.32 Å². The molecule has 1 aromatic heterocycles. The Morgan fingerprint density at radius 3 is 2.28 bits per heavy atom. The zero-order chi connectivity index (χ0) is 16.6. The second-order valence-electron chi connectivity index (χ2n) is 7.55. The number of piperazine rings is 1. The summed E-state index contributed by atoms with van der Waals surface area (Å²) in [6, 6.07) is 8.55. The summed E-state index contributed by atoms with van der Waals surface area (Å²) in [5.74, 6) is 0.0698. The van der Waals surface area contributed by atoms with Crippen molar-refractivity contribution in [1.82, 2.24) is 14.8 Å². The number of halogens is 2. The van der Waals surface area contributed by atoms with Crippen molar-refractivity contribution in [2.75, 3.05) is 26.2 Å². The summed E-state index contributed by atoms with van der Waals surface area (Å²) >= 11 is 0. The molecule has 0 saturated carbocycles. The van der Waals surface area contributed by atoms with Crippen molar-refractivity contribution in [2.45, 2.75) is 33.7 Å². The molecule has 1 N–H and O–H groups in total. The lowest BCUT2D eigenvalue weighted by Crippen LogP contribution is -2.48. The number of nitrogens with one attached hydrogen (secondary N) is 1. The second-order valence-corrected chi connectivity index (χ2v) is 7.55. The normalized spacial score (nSPS) is 16.8. The molecule has 1 aromatic carbocycles. The molecule has 0 spiro atoms. The summed E-state index contributed by atoms with van der Waals surface area (Å²) in [5.41, 5.74) is 2.38. The van der Waals surface area contributed by atoms with E-state index in [0.29, 0.717) is 6.04 Å². The van der Waals surface area contributed by atoms with Crippen LogP contribution >= 0.6 is 24.8 Å². The summed E-state index contributed by atoms with van der Waals surface area (Å²) in [6.45, 7) is 12.6. The fraction of sp³-hybridized carbons (Fsp3) is 0.526. The molecule has 1 aliphatic heterocycles. The van der Waals surface area contributed by atoms with Crippen LogP contribution in [-0.2, 0) is 0 Å². The number of para-hydroxylation sites is 1. The number of aromatic nitrogens is 1. The van der Waals surface area contributed by atoms with E-state index in [-0.39, 0.29) is 36.1 Å². The maximum absolute atomic E-state index is 12.1. The minimum atomic E-state index is 0. The maximum Gasteiger partial charge on any atom is 0.227 e. The van der Waals surface area contributed by atoms with Crippen LogP contribution in [0.4, 0.5) is 0 Å². The van der Waals surface area contributed by atoms with Crippen LogP contribution in [0.15, 0.2) is 30.5 Å². The third-order valence-electron chi connectivity index (χ3n) is 4.71. The molecule has 25 heavy (non-hydrogen) atoms. The quantitative estimate of drug-likeness (QED) is 0.843. The van der Waals surface area contributed by atoms with Crippen LogP contribution in [0.1, 0.15) is 44.1 Å². The highest BCUT2D eigenvalue weighted by Crippen LogP contribution is 2.41. The number of carbonyl (C=O) groups excluding carboxylic acids is 1. The molecule has 1 fully saturated rings. The van der Waals surface area contributed by atoms with Crippen molar-refractivity contribution in [1.29, 1.82) is 0 Å². The van der Waals surface area contributed by atoms with E-state index < -0.39 is 0 Å². The molecular weight excluding hydrogens is 357 g/mol. The molecule has 3 rings (SSSR count). The van der Waals surface area contributed by atoms with Crippen molar-refractivity contribution in [3.05, 3.63) is 36.0 Å². The maximum atomic E-state index is 12.1. The Labute approximate surface area is 162 Å². The van der Waals surface area contributed by atoms with Gasteiger partial charge in [0.05, 0.1) is 5.52 Å². The van der Waals surface area contributed by atoms with Crippen LogP contribution in [0.25, 0.3) is 10.9 Å². The molecule has 1 aliphatic rings. The zero-order valence-corrected chi connectivity index (χ0v) is 17.0. The predicted octanol–water partition coefficient (Wildman–Crippen LogP) is 4.14. The van der Waals surface area contributed by atoms with Gasteiger partial charge in [0.1, 0.15) is 0 Å². The molecule has 0 aliphatic carbocycles.